The monoisotopic (exact) mass is 811 g/mol. The number of aromatic hydroxyl groups is 1. The Kier molecular flexibility index (Phi) is 11.0. The number of hydrogen-bond acceptors (Lipinski definition) is 12. The minimum absolute atomic E-state index is 0.0450. The second kappa shape index (κ2) is 16.8. The summed E-state index contributed by atoms with van der Waals surface area (Å²) in [7, 11) is 1.90. The van der Waals surface area contributed by atoms with Crippen molar-refractivity contribution in [3.8, 4) is 22.8 Å². The normalized spacial score (nSPS) is 22.4. The zero-order chi connectivity index (χ0) is 41.3. The number of nitrogens with one attached hydrogen (secondary N) is 1. The molecule has 0 saturated carbocycles. The van der Waals surface area contributed by atoms with E-state index in [9.17, 15) is 19.5 Å². The Morgan fingerprint density at radius 3 is 2.43 bits per heavy atom. The Morgan fingerprint density at radius 1 is 0.900 bits per heavy atom. The molecule has 312 valence electrons. The third-order valence-corrected chi connectivity index (χ3v) is 13.0. The van der Waals surface area contributed by atoms with E-state index < -0.39 is 0 Å². The number of piperidine rings is 2. The molecule has 4 N–H and O–H groups in total. The summed E-state index contributed by atoms with van der Waals surface area (Å²) in [6.45, 7) is 4.86. The van der Waals surface area contributed by atoms with E-state index in [1.165, 1.54) is 5.57 Å². The van der Waals surface area contributed by atoms with E-state index in [0.29, 0.717) is 68.2 Å². The van der Waals surface area contributed by atoms with Gasteiger partial charge in [-0.3, -0.25) is 24.6 Å². The third-order valence-electron chi connectivity index (χ3n) is 13.0. The summed E-state index contributed by atoms with van der Waals surface area (Å²) in [5, 5.41) is 21.4. The average molecular weight is 812 g/mol. The number of amides is 3. The number of para-hydroxylation sites is 1. The molecule has 3 aromatic carbocycles. The lowest BCUT2D eigenvalue weighted by Crippen LogP contribution is -2.54. The number of phenols is 1. The Balaban J connectivity index is 0.755. The molecule has 14 nitrogen and oxygen atoms in total. The summed E-state index contributed by atoms with van der Waals surface area (Å²) in [6, 6.07) is 26.0. The van der Waals surface area contributed by atoms with E-state index in [4.69, 9.17) is 10.5 Å². The summed E-state index contributed by atoms with van der Waals surface area (Å²) in [4.78, 5) is 48.5. The highest BCUT2D eigenvalue weighted by Crippen LogP contribution is 2.40. The Bertz CT molecular complexity index is 2280. The van der Waals surface area contributed by atoms with Gasteiger partial charge in [0.2, 0.25) is 17.7 Å². The van der Waals surface area contributed by atoms with E-state index in [-0.39, 0.29) is 35.6 Å². The van der Waals surface area contributed by atoms with E-state index in [2.05, 4.69) is 66.6 Å². The molecule has 0 aliphatic carbocycles. The lowest BCUT2D eigenvalue weighted by Gasteiger charge is -2.43. The molecule has 4 saturated heterocycles. The average Bonchev–Trinajstić information content (AvgIpc) is 3.53. The van der Waals surface area contributed by atoms with Gasteiger partial charge in [-0.25, -0.2) is 0 Å². The van der Waals surface area contributed by atoms with Crippen LogP contribution in [-0.2, 0) is 14.4 Å². The number of piperazine rings is 1. The first-order valence-corrected chi connectivity index (χ1v) is 21.2. The van der Waals surface area contributed by atoms with E-state index in [1.54, 1.807) is 12.1 Å². The number of hydrogen-bond donors (Lipinski definition) is 3. The second-order valence-electron chi connectivity index (χ2n) is 16.8. The Labute approximate surface area is 350 Å². The van der Waals surface area contributed by atoms with Gasteiger partial charge in [-0.15, -0.1) is 10.2 Å². The van der Waals surface area contributed by atoms with E-state index in [0.717, 1.165) is 80.1 Å². The van der Waals surface area contributed by atoms with Gasteiger partial charge in [0.25, 0.3) is 0 Å². The molecule has 9 rings (SSSR count). The number of phenolic OH excluding ortho intramolecular Hbond substituents is 1. The number of rotatable bonds is 10. The van der Waals surface area contributed by atoms with Crippen molar-refractivity contribution in [2.75, 3.05) is 73.3 Å². The number of carbonyl (C=O) groups is 3. The van der Waals surface area contributed by atoms with Crippen molar-refractivity contribution in [2.24, 2.45) is 0 Å². The highest BCUT2D eigenvalue weighted by Gasteiger charge is 2.41. The van der Waals surface area contributed by atoms with Gasteiger partial charge in [0.1, 0.15) is 23.6 Å². The quantitative estimate of drug-likeness (QED) is 0.190. The lowest BCUT2D eigenvalue weighted by molar-refractivity contribution is -0.135. The fraction of sp³-hybridized carbons (Fsp3) is 0.413. The van der Waals surface area contributed by atoms with Crippen LogP contribution in [0.15, 0.2) is 84.9 Å². The van der Waals surface area contributed by atoms with Gasteiger partial charge in [-0.05, 0) is 79.3 Å². The number of nitrogens with zero attached hydrogens (tertiary/aromatic N) is 7. The van der Waals surface area contributed by atoms with Crippen LogP contribution in [0.5, 0.6) is 11.5 Å². The van der Waals surface area contributed by atoms with Gasteiger partial charge >= 0.3 is 0 Å². The van der Waals surface area contributed by atoms with Crippen molar-refractivity contribution >= 4 is 46.2 Å². The molecule has 6 heterocycles. The third kappa shape index (κ3) is 8.20. The molecular formula is C46H53N9O5. The molecule has 2 bridgehead atoms. The summed E-state index contributed by atoms with van der Waals surface area (Å²) < 4.78 is 6.57. The van der Waals surface area contributed by atoms with Crippen LogP contribution in [0, 0.1) is 0 Å². The number of anilines is 4. The Hall–Kier alpha value is -6.15. The molecule has 14 heteroatoms. The molecular weight excluding hydrogens is 759 g/mol. The molecule has 3 amide bonds. The number of fused-ring (bicyclic) bond motifs is 2. The van der Waals surface area contributed by atoms with Gasteiger partial charge in [-0.2, -0.15) is 0 Å². The van der Waals surface area contributed by atoms with Gasteiger partial charge in [0.15, 0.2) is 5.82 Å². The Morgan fingerprint density at radius 2 is 1.68 bits per heavy atom. The first kappa shape index (κ1) is 39.3. The zero-order valence-electron chi connectivity index (χ0n) is 34.1. The molecule has 1 unspecified atom stereocenters. The van der Waals surface area contributed by atoms with Gasteiger partial charge in [0.05, 0.1) is 17.9 Å². The van der Waals surface area contributed by atoms with E-state index in [1.807, 2.05) is 53.2 Å². The van der Waals surface area contributed by atoms with Crippen LogP contribution in [0.4, 0.5) is 22.9 Å². The van der Waals surface area contributed by atoms with E-state index >= 15 is 0 Å². The van der Waals surface area contributed by atoms with Crippen LogP contribution in [0.2, 0.25) is 0 Å². The van der Waals surface area contributed by atoms with Crippen LogP contribution >= 0.6 is 0 Å². The summed E-state index contributed by atoms with van der Waals surface area (Å²) >= 11 is 0. The van der Waals surface area contributed by atoms with Gasteiger partial charge in [0, 0.05) is 101 Å². The molecule has 4 fully saturated rings. The molecule has 5 aliphatic heterocycles. The van der Waals surface area contributed by atoms with Crippen molar-refractivity contribution < 1.29 is 24.2 Å². The predicted octanol–water partition coefficient (Wildman–Crippen LogP) is 4.69. The minimum Gasteiger partial charge on any atom is -0.507 e. The number of aromatic nitrogens is 2. The predicted molar refractivity (Wildman–Crippen MR) is 232 cm³/mol. The number of nitrogen functional groups attached to an aromatic ring is 1. The first-order valence-electron chi connectivity index (χ1n) is 21.2. The van der Waals surface area contributed by atoms with Crippen LogP contribution in [-0.4, -0.2) is 120 Å². The molecule has 60 heavy (non-hydrogen) atoms. The molecule has 0 spiro atoms. The van der Waals surface area contributed by atoms with Gasteiger partial charge < -0.3 is 35.2 Å². The number of carbonyl (C=O) groups excluding carboxylic acids is 3. The van der Waals surface area contributed by atoms with Crippen molar-refractivity contribution in [1.82, 2.24) is 25.3 Å². The highest BCUT2D eigenvalue weighted by molar-refractivity contribution is 6.01. The largest absolute Gasteiger partial charge is 0.507 e. The van der Waals surface area contributed by atoms with Crippen LogP contribution in [0.25, 0.3) is 16.8 Å². The molecule has 0 radical (unpaired) electrons. The van der Waals surface area contributed by atoms with Crippen molar-refractivity contribution in [1.29, 1.82) is 0 Å². The number of likely N-dealkylation sites (N-methyl/N-ethyl adjacent to an activating group) is 1. The van der Waals surface area contributed by atoms with Gasteiger partial charge in [-0.1, -0.05) is 36.4 Å². The molecule has 3 atom stereocenters. The topological polar surface area (TPSA) is 161 Å². The minimum atomic E-state index is -0.372. The second-order valence-corrected chi connectivity index (χ2v) is 16.8. The SMILES string of the molecule is CN(c1cccc(C2=CCN(CC(=O)N3CCC(Oc4cccc(N5[C@@H]6CC[C@H]5CN(c5cc(-c7ccccc7O)nnc5N)C6)c4)CC3)CC2)c1)C1CCC(=O)NC1=O. The smallest absolute Gasteiger partial charge is 0.249 e. The zero-order valence-corrected chi connectivity index (χ0v) is 34.1. The molecule has 1 aromatic heterocycles. The number of nitrogens with two attached hydrogens (primary N) is 1. The van der Waals surface area contributed by atoms with Crippen molar-refractivity contribution in [3.63, 3.8) is 0 Å². The number of imide groups is 1. The number of likely N-dealkylation sites (tertiary alicyclic amines) is 1. The molecule has 5 aliphatic rings. The fourth-order valence-electron chi connectivity index (χ4n) is 9.69. The highest BCUT2D eigenvalue weighted by atomic mass is 16.5. The molecule has 4 aromatic rings. The van der Waals surface area contributed by atoms with Crippen LogP contribution in [0.1, 0.15) is 50.5 Å². The maximum absolute atomic E-state index is 13.4. The lowest BCUT2D eigenvalue weighted by atomic mass is 9.98. The van der Waals surface area contributed by atoms with Crippen molar-refractivity contribution in [2.45, 2.75) is 69.2 Å². The first-order chi connectivity index (χ1) is 29.2. The van der Waals surface area contributed by atoms with Crippen LogP contribution < -0.4 is 30.5 Å². The maximum atomic E-state index is 13.4. The standard InChI is InChI=1S/C46H53N9O5/c1-51(40-14-15-43(57)48-46(40)59)32-7-4-6-31(24-32)30-16-20-52(21-17-30)29-44(58)53-22-18-36(19-23-53)60-37-9-5-8-33(25-37)55-34-12-13-35(55)28-54(27-34)41-26-39(49-50-45(41)47)38-10-2-3-11-42(38)56/h2-11,16,24-26,34-36,40,56H,12-15,17-23,27-29H2,1H3,(H2,47,50)(H,48,57,59)/t34-,35+,40?. The number of ether oxygens (including phenoxy) is 1. The summed E-state index contributed by atoms with van der Waals surface area (Å²) in [5.41, 5.74) is 12.9. The summed E-state index contributed by atoms with van der Waals surface area (Å²) in [6.07, 6.45) is 7.69. The fourth-order valence-corrected chi connectivity index (χ4v) is 9.69. The maximum Gasteiger partial charge on any atom is 0.249 e. The van der Waals surface area contributed by atoms with Crippen molar-refractivity contribution in [3.05, 3.63) is 90.5 Å². The summed E-state index contributed by atoms with van der Waals surface area (Å²) in [5.74, 6) is 1.11. The number of benzene rings is 3. The van der Waals surface area contributed by atoms with Crippen LogP contribution in [0.3, 0.4) is 0 Å².